The Hall–Kier alpha value is -4.48. The molecule has 212 valence electrons. The van der Waals surface area contributed by atoms with Gasteiger partial charge in [-0.1, -0.05) is 26.0 Å². The normalized spacial score (nSPS) is 20.3. The zero-order chi connectivity index (χ0) is 29.1. The number of rotatable bonds is 4. The first-order valence-electron chi connectivity index (χ1n) is 13.3. The summed E-state index contributed by atoms with van der Waals surface area (Å²) in [6.07, 6.45) is 2.50. The zero-order valence-electron chi connectivity index (χ0n) is 22.4. The molecule has 9 nitrogen and oxygen atoms in total. The number of hydrogen-bond acceptors (Lipinski definition) is 6. The van der Waals surface area contributed by atoms with Crippen molar-refractivity contribution in [1.82, 2.24) is 24.3 Å². The molecule has 3 aromatic heterocycles. The van der Waals surface area contributed by atoms with Gasteiger partial charge in [0.1, 0.15) is 28.7 Å². The summed E-state index contributed by atoms with van der Waals surface area (Å²) < 4.78 is 41.0. The first kappa shape index (κ1) is 26.7. The van der Waals surface area contributed by atoms with Gasteiger partial charge >= 0.3 is 6.18 Å². The predicted octanol–water partition coefficient (Wildman–Crippen LogP) is 5.15. The van der Waals surface area contributed by atoms with Crippen molar-refractivity contribution < 1.29 is 22.8 Å². The lowest BCUT2D eigenvalue weighted by Crippen LogP contribution is -2.42. The van der Waals surface area contributed by atoms with Gasteiger partial charge in [0, 0.05) is 53.6 Å². The number of halogens is 3. The Balaban J connectivity index is 1.28. The number of imidazole rings is 1. The number of carbonyl (C=O) groups is 2. The fraction of sp³-hybridized carbons (Fsp3) is 0.345. The Kier molecular flexibility index (Phi) is 6.24. The number of fused-ring (bicyclic) bond motifs is 2. The van der Waals surface area contributed by atoms with Crippen LogP contribution in [0.25, 0.3) is 16.8 Å². The number of hydrogen-bond donors (Lipinski definition) is 2. The maximum atomic E-state index is 13.0. The largest absolute Gasteiger partial charge is 0.416 e. The second-order valence-corrected chi connectivity index (χ2v) is 11.3. The van der Waals surface area contributed by atoms with Crippen LogP contribution < -0.4 is 11.1 Å². The molecule has 2 atom stereocenters. The molecule has 2 saturated heterocycles. The van der Waals surface area contributed by atoms with Crippen molar-refractivity contribution >= 4 is 29.0 Å². The molecule has 4 aromatic rings. The molecule has 0 radical (unpaired) electrons. The average Bonchev–Trinajstić information content (AvgIpc) is 3.43. The van der Waals surface area contributed by atoms with Crippen molar-refractivity contribution in [3.8, 4) is 11.3 Å². The monoisotopic (exact) mass is 563 g/mol. The van der Waals surface area contributed by atoms with E-state index in [1.165, 1.54) is 0 Å². The lowest BCUT2D eigenvalue weighted by atomic mass is 9.87. The van der Waals surface area contributed by atoms with E-state index in [0.717, 1.165) is 43.4 Å². The van der Waals surface area contributed by atoms with Gasteiger partial charge in [0.05, 0.1) is 5.56 Å². The van der Waals surface area contributed by atoms with Gasteiger partial charge in [-0.25, -0.2) is 15.0 Å². The molecule has 2 unspecified atom stereocenters. The standard InChI is InChI=1S/C29H28F3N7O2/c1-28(2)14-20-8-7-18(15-39(20)27(28)41)25-37-22(23-24(33)35-11-12-38(23)25)16-3-5-17(6-4-16)26(40)36-21-13-19(9-10-34-21)29(30,31)32/h3-6,9-13,18,20H,7-8,14-15H2,1-2H3,(H2,33,35)(H,34,36,40). The summed E-state index contributed by atoms with van der Waals surface area (Å²) in [4.78, 5) is 40.8. The molecule has 41 heavy (non-hydrogen) atoms. The minimum Gasteiger partial charge on any atom is -0.382 e. The lowest BCUT2D eigenvalue weighted by molar-refractivity contribution is -0.138. The summed E-state index contributed by atoms with van der Waals surface area (Å²) >= 11 is 0. The Bertz CT molecular complexity index is 1660. The fourth-order valence-corrected chi connectivity index (χ4v) is 5.98. The highest BCUT2D eigenvalue weighted by molar-refractivity contribution is 6.04. The van der Waals surface area contributed by atoms with Gasteiger partial charge in [-0.15, -0.1) is 0 Å². The molecule has 0 aliphatic carbocycles. The zero-order valence-corrected chi connectivity index (χ0v) is 22.4. The van der Waals surface area contributed by atoms with Gasteiger partial charge in [-0.05, 0) is 43.5 Å². The molecule has 0 saturated carbocycles. The molecule has 12 heteroatoms. The van der Waals surface area contributed by atoms with Crippen molar-refractivity contribution in [3.63, 3.8) is 0 Å². The molecule has 2 amide bonds. The van der Waals surface area contributed by atoms with Gasteiger partial charge in [-0.2, -0.15) is 13.2 Å². The molecule has 3 N–H and O–H groups in total. The third kappa shape index (κ3) is 4.76. The summed E-state index contributed by atoms with van der Waals surface area (Å²) in [6.45, 7) is 4.58. The molecular formula is C29H28F3N7O2. The number of benzene rings is 1. The van der Waals surface area contributed by atoms with Crippen molar-refractivity contribution in [3.05, 3.63) is 71.9 Å². The van der Waals surface area contributed by atoms with Crippen molar-refractivity contribution in [1.29, 1.82) is 0 Å². The van der Waals surface area contributed by atoms with Crippen molar-refractivity contribution in [2.75, 3.05) is 17.6 Å². The topological polar surface area (TPSA) is 119 Å². The Morgan fingerprint density at radius 2 is 1.85 bits per heavy atom. The molecule has 0 spiro atoms. The molecule has 0 bridgehead atoms. The van der Waals surface area contributed by atoms with E-state index in [0.29, 0.717) is 29.1 Å². The molecule has 1 aromatic carbocycles. The number of nitrogens with zero attached hydrogens (tertiary/aromatic N) is 5. The fourth-order valence-electron chi connectivity index (χ4n) is 5.98. The Morgan fingerprint density at radius 3 is 2.59 bits per heavy atom. The highest BCUT2D eigenvalue weighted by Gasteiger charge is 2.48. The highest BCUT2D eigenvalue weighted by Crippen LogP contribution is 2.43. The van der Waals surface area contributed by atoms with E-state index >= 15 is 0 Å². The summed E-state index contributed by atoms with van der Waals surface area (Å²) in [5.41, 5.74) is 7.17. The number of carbonyl (C=O) groups excluding carboxylic acids is 2. The predicted molar refractivity (Wildman–Crippen MR) is 146 cm³/mol. The number of aromatic nitrogens is 4. The molecule has 2 aliphatic rings. The first-order valence-corrected chi connectivity index (χ1v) is 13.3. The molecular weight excluding hydrogens is 535 g/mol. The quantitative estimate of drug-likeness (QED) is 0.355. The summed E-state index contributed by atoms with van der Waals surface area (Å²) in [6, 6.07) is 8.40. The van der Waals surface area contributed by atoms with Crippen molar-refractivity contribution in [2.24, 2.45) is 5.41 Å². The minimum absolute atomic E-state index is 0.0113. The van der Waals surface area contributed by atoms with Crippen LogP contribution in [0.3, 0.4) is 0 Å². The Morgan fingerprint density at radius 1 is 1.10 bits per heavy atom. The van der Waals surface area contributed by atoms with Gasteiger partial charge in [-0.3, -0.25) is 14.0 Å². The lowest BCUT2D eigenvalue weighted by Gasteiger charge is -2.34. The number of nitrogen functional groups attached to an aromatic ring is 1. The van der Waals surface area contributed by atoms with E-state index < -0.39 is 17.6 Å². The average molecular weight is 564 g/mol. The third-order valence-electron chi connectivity index (χ3n) is 8.02. The SMILES string of the molecule is CC1(C)CC2CCC(c3nc(-c4ccc(C(=O)Nc5cc(C(F)(F)F)ccn5)cc4)c4c(N)nccn34)CN2C1=O. The van der Waals surface area contributed by atoms with E-state index in [1.807, 2.05) is 29.3 Å². The second-order valence-electron chi connectivity index (χ2n) is 11.3. The molecule has 2 fully saturated rings. The number of nitrogens with two attached hydrogens (primary N) is 1. The highest BCUT2D eigenvalue weighted by atomic mass is 19.4. The number of pyridine rings is 1. The smallest absolute Gasteiger partial charge is 0.382 e. The van der Waals surface area contributed by atoms with Gasteiger partial charge in [0.25, 0.3) is 5.91 Å². The van der Waals surface area contributed by atoms with E-state index in [4.69, 9.17) is 10.7 Å². The van der Waals surface area contributed by atoms with Crippen LogP contribution in [0.2, 0.25) is 0 Å². The molecule has 5 heterocycles. The molecule has 2 aliphatic heterocycles. The van der Waals surface area contributed by atoms with Crippen LogP contribution in [0.5, 0.6) is 0 Å². The van der Waals surface area contributed by atoms with Crippen LogP contribution in [-0.4, -0.2) is 48.7 Å². The maximum absolute atomic E-state index is 13.0. The maximum Gasteiger partial charge on any atom is 0.416 e. The Labute approximate surface area is 233 Å². The van der Waals surface area contributed by atoms with Gasteiger partial charge in [0.2, 0.25) is 5.91 Å². The number of amides is 2. The number of anilines is 2. The van der Waals surface area contributed by atoms with Gasteiger partial charge in [0.15, 0.2) is 0 Å². The van der Waals surface area contributed by atoms with Gasteiger partial charge < -0.3 is 16.0 Å². The summed E-state index contributed by atoms with van der Waals surface area (Å²) in [5.74, 6) is 0.464. The van der Waals surface area contributed by atoms with Crippen LogP contribution >= 0.6 is 0 Å². The van der Waals surface area contributed by atoms with Crippen LogP contribution in [0.1, 0.15) is 60.8 Å². The van der Waals surface area contributed by atoms with E-state index in [2.05, 4.69) is 15.3 Å². The number of nitrogens with one attached hydrogen (secondary N) is 1. The van der Waals surface area contributed by atoms with Crippen molar-refractivity contribution in [2.45, 2.75) is 51.2 Å². The minimum atomic E-state index is -4.55. The van der Waals surface area contributed by atoms with Crippen LogP contribution in [0.4, 0.5) is 24.8 Å². The van der Waals surface area contributed by atoms with Crippen LogP contribution in [0.15, 0.2) is 55.0 Å². The third-order valence-corrected chi connectivity index (χ3v) is 8.02. The molecule has 6 rings (SSSR count). The van der Waals surface area contributed by atoms with Crippen LogP contribution in [0, 0.1) is 5.41 Å². The first-order chi connectivity index (χ1) is 19.4. The van der Waals surface area contributed by atoms with E-state index in [-0.39, 0.29) is 34.7 Å². The van der Waals surface area contributed by atoms with E-state index in [9.17, 15) is 22.8 Å². The number of piperidine rings is 1. The number of alkyl halides is 3. The second kappa shape index (κ2) is 9.57. The van der Waals surface area contributed by atoms with E-state index in [1.54, 1.807) is 30.5 Å². The summed E-state index contributed by atoms with van der Waals surface area (Å²) in [7, 11) is 0. The summed E-state index contributed by atoms with van der Waals surface area (Å²) in [5, 5.41) is 2.41. The van der Waals surface area contributed by atoms with Crippen LogP contribution in [-0.2, 0) is 11.0 Å².